The maximum Gasteiger partial charge on any atom is 0.264 e. The highest BCUT2D eigenvalue weighted by atomic mass is 16.5. The highest BCUT2D eigenvalue weighted by molar-refractivity contribution is 5.93. The second kappa shape index (κ2) is 8.94. The fourth-order valence-electron chi connectivity index (χ4n) is 2.74. The van der Waals surface area contributed by atoms with Gasteiger partial charge in [-0.25, -0.2) is 4.98 Å². The third kappa shape index (κ3) is 4.82. The molecule has 3 aromatic rings. The first-order valence-corrected chi connectivity index (χ1v) is 9.01. The lowest BCUT2D eigenvalue weighted by atomic mass is 10.1. The van der Waals surface area contributed by atoms with Crippen LogP contribution in [0.1, 0.15) is 29.3 Å². The summed E-state index contributed by atoms with van der Waals surface area (Å²) in [6, 6.07) is 13.0. The Morgan fingerprint density at radius 1 is 1.18 bits per heavy atom. The van der Waals surface area contributed by atoms with Crippen molar-refractivity contribution in [1.29, 1.82) is 0 Å². The van der Waals surface area contributed by atoms with E-state index in [4.69, 9.17) is 4.74 Å². The number of methoxy groups -OCH3 is 1. The van der Waals surface area contributed by atoms with Crippen molar-refractivity contribution in [3.05, 3.63) is 76.3 Å². The molecule has 0 bridgehead atoms. The highest BCUT2D eigenvalue weighted by Crippen LogP contribution is 2.13. The number of H-pyrrole nitrogens is 1. The predicted octanol–water partition coefficient (Wildman–Crippen LogP) is 2.59. The summed E-state index contributed by atoms with van der Waals surface area (Å²) in [6.07, 6.45) is 4.45. The number of rotatable bonds is 7. The zero-order valence-electron chi connectivity index (χ0n) is 15.8. The van der Waals surface area contributed by atoms with Crippen molar-refractivity contribution in [2.24, 2.45) is 0 Å². The zero-order chi connectivity index (χ0) is 19.9. The van der Waals surface area contributed by atoms with Gasteiger partial charge in [-0.15, -0.1) is 0 Å². The van der Waals surface area contributed by atoms with Crippen LogP contribution in [-0.2, 0) is 6.42 Å². The minimum Gasteiger partial charge on any atom is -0.497 e. The van der Waals surface area contributed by atoms with Crippen molar-refractivity contribution >= 4 is 5.91 Å². The molecule has 28 heavy (non-hydrogen) atoms. The van der Waals surface area contributed by atoms with Gasteiger partial charge in [-0.2, -0.15) is 0 Å². The lowest BCUT2D eigenvalue weighted by Crippen LogP contribution is -2.36. The number of aryl methyl sites for hydroxylation is 1. The van der Waals surface area contributed by atoms with Crippen molar-refractivity contribution in [3.63, 3.8) is 0 Å². The molecule has 144 valence electrons. The van der Waals surface area contributed by atoms with E-state index < -0.39 is 11.5 Å². The first-order chi connectivity index (χ1) is 13.6. The molecule has 0 saturated heterocycles. The molecular formula is C21H22N4O3. The third-order valence-corrected chi connectivity index (χ3v) is 4.35. The second-order valence-electron chi connectivity index (χ2n) is 6.45. The molecule has 2 aromatic heterocycles. The molecule has 1 aromatic carbocycles. The fraction of sp³-hybridized carbons (Fsp3) is 0.238. The van der Waals surface area contributed by atoms with Crippen molar-refractivity contribution in [3.8, 4) is 17.3 Å². The van der Waals surface area contributed by atoms with Gasteiger partial charge < -0.3 is 15.0 Å². The van der Waals surface area contributed by atoms with Crippen LogP contribution < -0.4 is 15.6 Å². The number of pyridine rings is 1. The van der Waals surface area contributed by atoms with Crippen LogP contribution >= 0.6 is 0 Å². The van der Waals surface area contributed by atoms with Gasteiger partial charge >= 0.3 is 0 Å². The molecule has 7 nitrogen and oxygen atoms in total. The summed E-state index contributed by atoms with van der Waals surface area (Å²) in [4.78, 5) is 35.6. The minimum atomic E-state index is -0.490. The molecule has 2 heterocycles. The molecule has 0 aliphatic heterocycles. The molecule has 1 amide bonds. The quantitative estimate of drug-likeness (QED) is 0.659. The predicted molar refractivity (Wildman–Crippen MR) is 106 cm³/mol. The minimum absolute atomic E-state index is 0.0176. The Balaban J connectivity index is 1.59. The average Bonchev–Trinajstić information content (AvgIpc) is 2.73. The Morgan fingerprint density at radius 2 is 1.96 bits per heavy atom. The Kier molecular flexibility index (Phi) is 6.16. The van der Waals surface area contributed by atoms with Gasteiger partial charge in [0.15, 0.2) is 5.82 Å². The van der Waals surface area contributed by atoms with E-state index >= 15 is 0 Å². The molecule has 1 atom stereocenters. The van der Waals surface area contributed by atoms with Gasteiger partial charge in [-0.3, -0.25) is 14.6 Å². The fourth-order valence-corrected chi connectivity index (χ4v) is 2.74. The maximum atomic E-state index is 12.4. The van der Waals surface area contributed by atoms with Crippen molar-refractivity contribution in [2.75, 3.05) is 7.11 Å². The smallest absolute Gasteiger partial charge is 0.264 e. The number of amides is 1. The van der Waals surface area contributed by atoms with Crippen LogP contribution in [0.4, 0.5) is 0 Å². The van der Waals surface area contributed by atoms with E-state index in [0.29, 0.717) is 11.5 Å². The van der Waals surface area contributed by atoms with Gasteiger partial charge in [0.05, 0.1) is 7.11 Å². The molecular weight excluding hydrogens is 356 g/mol. The number of aromatic nitrogens is 3. The van der Waals surface area contributed by atoms with E-state index in [9.17, 15) is 9.59 Å². The molecule has 1 unspecified atom stereocenters. The SMILES string of the molecule is COc1ccc(CCC(C)NC(=O)c2cnc(-c3ccccn3)[nH]c2=O)cc1. The van der Waals surface area contributed by atoms with E-state index in [1.807, 2.05) is 31.2 Å². The van der Waals surface area contributed by atoms with E-state index in [1.54, 1.807) is 31.5 Å². The summed E-state index contributed by atoms with van der Waals surface area (Å²) in [6.45, 7) is 1.91. The summed E-state index contributed by atoms with van der Waals surface area (Å²) < 4.78 is 5.14. The number of hydrogen-bond acceptors (Lipinski definition) is 5. The van der Waals surface area contributed by atoms with Crippen LogP contribution in [0.2, 0.25) is 0 Å². The van der Waals surface area contributed by atoms with Crippen LogP contribution in [-0.4, -0.2) is 34.0 Å². The van der Waals surface area contributed by atoms with E-state index in [1.165, 1.54) is 6.20 Å². The number of nitrogens with zero attached hydrogens (tertiary/aromatic N) is 2. The van der Waals surface area contributed by atoms with Crippen LogP contribution in [0.3, 0.4) is 0 Å². The number of hydrogen-bond donors (Lipinski definition) is 2. The molecule has 0 fully saturated rings. The van der Waals surface area contributed by atoms with E-state index in [-0.39, 0.29) is 11.6 Å². The van der Waals surface area contributed by atoms with E-state index in [0.717, 1.165) is 24.2 Å². The molecule has 2 N–H and O–H groups in total. The zero-order valence-corrected chi connectivity index (χ0v) is 15.8. The first-order valence-electron chi connectivity index (χ1n) is 9.01. The largest absolute Gasteiger partial charge is 0.497 e. The molecule has 3 rings (SSSR count). The second-order valence-corrected chi connectivity index (χ2v) is 6.45. The standard InChI is InChI=1S/C21H22N4O3/c1-14(6-7-15-8-10-16(28-2)11-9-15)24-20(26)17-13-23-19(25-21(17)27)18-5-3-4-12-22-18/h3-5,8-14H,6-7H2,1-2H3,(H,24,26)(H,23,25,27). The molecule has 7 heteroatoms. The Labute approximate surface area is 162 Å². The molecule has 0 radical (unpaired) electrons. The van der Waals surface area contributed by atoms with Crippen molar-refractivity contribution in [2.45, 2.75) is 25.8 Å². The number of nitrogens with one attached hydrogen (secondary N) is 2. The maximum absolute atomic E-state index is 12.4. The number of carbonyl (C=O) groups excluding carboxylic acids is 1. The summed E-state index contributed by atoms with van der Waals surface area (Å²) in [7, 11) is 1.63. The summed E-state index contributed by atoms with van der Waals surface area (Å²) in [5.41, 5.74) is 1.19. The van der Waals surface area contributed by atoms with Crippen LogP contribution in [0, 0.1) is 0 Å². The summed E-state index contributed by atoms with van der Waals surface area (Å²) in [5, 5.41) is 2.85. The first kappa shape index (κ1) is 19.3. The Bertz CT molecular complexity index is 985. The number of ether oxygens (including phenoxy) is 1. The highest BCUT2D eigenvalue weighted by Gasteiger charge is 2.15. The topological polar surface area (TPSA) is 97.0 Å². The average molecular weight is 378 g/mol. The number of benzene rings is 1. The van der Waals surface area contributed by atoms with Gasteiger partial charge in [-0.1, -0.05) is 18.2 Å². The summed E-state index contributed by atoms with van der Waals surface area (Å²) in [5.74, 6) is 0.698. The molecule has 0 aliphatic rings. The Hall–Kier alpha value is -3.48. The number of carbonyl (C=O) groups is 1. The number of aromatic amines is 1. The lowest BCUT2D eigenvalue weighted by Gasteiger charge is -2.14. The van der Waals surface area contributed by atoms with Crippen LogP contribution in [0.5, 0.6) is 5.75 Å². The normalized spacial score (nSPS) is 11.6. The lowest BCUT2D eigenvalue weighted by molar-refractivity contribution is 0.0936. The third-order valence-electron chi connectivity index (χ3n) is 4.35. The van der Waals surface area contributed by atoms with E-state index in [2.05, 4.69) is 20.3 Å². The molecule has 0 spiro atoms. The Morgan fingerprint density at radius 3 is 2.61 bits per heavy atom. The van der Waals surface area contributed by atoms with Crippen LogP contribution in [0.25, 0.3) is 11.5 Å². The van der Waals surface area contributed by atoms with Crippen molar-refractivity contribution < 1.29 is 9.53 Å². The molecule has 0 saturated carbocycles. The monoisotopic (exact) mass is 378 g/mol. The van der Waals surface area contributed by atoms with Gasteiger partial charge in [-0.05, 0) is 49.6 Å². The van der Waals surface area contributed by atoms with Gasteiger partial charge in [0.1, 0.15) is 17.0 Å². The van der Waals surface area contributed by atoms with Gasteiger partial charge in [0.2, 0.25) is 0 Å². The van der Waals surface area contributed by atoms with Crippen LogP contribution in [0.15, 0.2) is 59.7 Å². The van der Waals surface area contributed by atoms with Gasteiger partial charge in [0, 0.05) is 18.4 Å². The van der Waals surface area contributed by atoms with Crippen molar-refractivity contribution in [1.82, 2.24) is 20.3 Å². The summed E-state index contributed by atoms with van der Waals surface area (Å²) >= 11 is 0. The van der Waals surface area contributed by atoms with Gasteiger partial charge in [0.25, 0.3) is 11.5 Å². The molecule has 0 aliphatic carbocycles.